The van der Waals surface area contributed by atoms with Crippen LogP contribution < -0.4 is 11.1 Å². The second-order valence-electron chi connectivity index (χ2n) is 3.04. The molecule has 0 aliphatic heterocycles. The fraction of sp³-hybridized carbons (Fsp3) is 0.875. The molecular formula is C8H18N2O3. The Bertz CT molecular complexity index is 149. The zero-order chi connectivity index (χ0) is 10.3. The first-order valence-electron chi connectivity index (χ1n) is 4.37. The Hall–Kier alpha value is -0.650. The van der Waals surface area contributed by atoms with E-state index in [9.17, 15) is 4.79 Å². The van der Waals surface area contributed by atoms with Crippen LogP contribution in [0.4, 0.5) is 0 Å². The van der Waals surface area contributed by atoms with Gasteiger partial charge in [-0.25, -0.2) is 0 Å². The number of carbonyl (C=O) groups excluding carboxylic acids is 1. The number of nitrogens with one attached hydrogen (secondary N) is 1. The quantitative estimate of drug-likeness (QED) is 0.413. The molecule has 78 valence electrons. The third kappa shape index (κ3) is 3.71. The molecule has 0 fully saturated rings. The molecule has 0 aromatic heterocycles. The fourth-order valence-corrected chi connectivity index (χ4v) is 0.930. The van der Waals surface area contributed by atoms with Gasteiger partial charge >= 0.3 is 0 Å². The van der Waals surface area contributed by atoms with E-state index in [4.69, 9.17) is 15.9 Å². The molecule has 0 spiro atoms. The molecule has 0 radical (unpaired) electrons. The van der Waals surface area contributed by atoms with Gasteiger partial charge in [0.1, 0.15) is 0 Å². The zero-order valence-electron chi connectivity index (χ0n) is 7.92. The molecule has 0 bridgehead atoms. The van der Waals surface area contributed by atoms with E-state index in [0.717, 1.165) is 0 Å². The lowest BCUT2D eigenvalue weighted by atomic mass is 9.98. The van der Waals surface area contributed by atoms with Gasteiger partial charge in [-0.3, -0.25) is 4.79 Å². The molecule has 0 saturated heterocycles. The first-order chi connectivity index (χ1) is 6.14. The Morgan fingerprint density at radius 3 is 2.31 bits per heavy atom. The fourth-order valence-electron chi connectivity index (χ4n) is 0.930. The highest BCUT2D eigenvalue weighted by Crippen LogP contribution is 2.08. The van der Waals surface area contributed by atoms with E-state index in [2.05, 4.69) is 5.32 Å². The number of amides is 1. The van der Waals surface area contributed by atoms with E-state index in [-0.39, 0.29) is 32.1 Å². The number of aliphatic hydroxyl groups excluding tert-OH is 2. The van der Waals surface area contributed by atoms with Crippen LogP contribution >= 0.6 is 0 Å². The van der Waals surface area contributed by atoms with Crippen molar-refractivity contribution < 1.29 is 15.0 Å². The molecule has 0 aromatic carbocycles. The minimum absolute atomic E-state index is 0.210. The Balaban J connectivity index is 4.16. The Labute approximate surface area is 77.9 Å². The van der Waals surface area contributed by atoms with Gasteiger partial charge in [-0.2, -0.15) is 0 Å². The van der Waals surface area contributed by atoms with Gasteiger partial charge in [-0.15, -0.1) is 0 Å². The molecule has 5 heteroatoms. The summed E-state index contributed by atoms with van der Waals surface area (Å²) in [6.07, 6.45) is 0.693. The highest BCUT2D eigenvalue weighted by Gasteiger charge is 2.27. The van der Waals surface area contributed by atoms with Crippen molar-refractivity contribution in [1.82, 2.24) is 5.32 Å². The molecule has 0 saturated carbocycles. The minimum atomic E-state index is -0.897. The first-order valence-corrected chi connectivity index (χ1v) is 4.37. The normalized spacial score (nSPS) is 11.4. The number of carbonyl (C=O) groups is 1. The van der Waals surface area contributed by atoms with E-state index in [1.165, 1.54) is 0 Å². The van der Waals surface area contributed by atoms with Crippen LogP contribution in [0.15, 0.2) is 0 Å². The molecule has 0 rings (SSSR count). The molecule has 0 atom stereocenters. The molecule has 0 unspecified atom stereocenters. The lowest BCUT2D eigenvalue weighted by Crippen LogP contribution is -2.54. The van der Waals surface area contributed by atoms with Crippen LogP contribution in [0.2, 0.25) is 0 Å². The summed E-state index contributed by atoms with van der Waals surface area (Å²) in [5.41, 5.74) is 4.29. The smallest absolute Gasteiger partial charge is 0.221 e. The third-order valence-corrected chi connectivity index (χ3v) is 2.06. The average molecular weight is 190 g/mol. The van der Waals surface area contributed by atoms with Crippen molar-refractivity contribution in [1.29, 1.82) is 0 Å². The molecule has 0 aliphatic carbocycles. The van der Waals surface area contributed by atoms with E-state index in [1.54, 1.807) is 6.92 Å². The van der Waals surface area contributed by atoms with Crippen molar-refractivity contribution in [3.8, 4) is 0 Å². The molecule has 0 aromatic rings. The monoisotopic (exact) mass is 190 g/mol. The predicted octanol–water partition coefficient (Wildman–Crippen LogP) is -1.42. The Morgan fingerprint density at radius 2 is 2.00 bits per heavy atom. The van der Waals surface area contributed by atoms with Crippen LogP contribution in [0, 0.1) is 0 Å². The van der Waals surface area contributed by atoms with Crippen molar-refractivity contribution >= 4 is 5.91 Å². The summed E-state index contributed by atoms with van der Waals surface area (Å²) in [7, 11) is 0. The zero-order valence-corrected chi connectivity index (χ0v) is 7.92. The van der Waals surface area contributed by atoms with E-state index < -0.39 is 5.54 Å². The summed E-state index contributed by atoms with van der Waals surface area (Å²) >= 11 is 0. The second-order valence-corrected chi connectivity index (χ2v) is 3.04. The van der Waals surface area contributed by atoms with Gasteiger partial charge in [0.15, 0.2) is 0 Å². The maximum absolute atomic E-state index is 11.1. The molecule has 0 heterocycles. The molecular weight excluding hydrogens is 172 g/mol. The van der Waals surface area contributed by atoms with Gasteiger partial charge in [-0.1, -0.05) is 6.92 Å². The summed E-state index contributed by atoms with van der Waals surface area (Å²) in [6.45, 7) is 1.52. The third-order valence-electron chi connectivity index (χ3n) is 2.06. The van der Waals surface area contributed by atoms with Crippen LogP contribution in [0.5, 0.6) is 0 Å². The van der Waals surface area contributed by atoms with Crippen molar-refractivity contribution in [2.24, 2.45) is 5.73 Å². The minimum Gasteiger partial charge on any atom is -0.394 e. The summed E-state index contributed by atoms with van der Waals surface area (Å²) in [6, 6.07) is 0. The predicted molar refractivity (Wildman–Crippen MR) is 49.0 cm³/mol. The van der Waals surface area contributed by atoms with Crippen molar-refractivity contribution in [2.75, 3.05) is 19.8 Å². The van der Waals surface area contributed by atoms with Crippen LogP contribution in [0.25, 0.3) is 0 Å². The second kappa shape index (κ2) is 5.90. The molecule has 0 aliphatic rings. The molecule has 5 nitrogen and oxygen atoms in total. The Morgan fingerprint density at radius 1 is 1.46 bits per heavy atom. The summed E-state index contributed by atoms with van der Waals surface area (Å²) in [4.78, 5) is 11.1. The topological polar surface area (TPSA) is 95.6 Å². The standard InChI is InChI=1S/C8H18N2O3/c1-2-8(5-11,6-12)10-7(13)3-4-9/h11-12H,2-6,9H2,1H3,(H,10,13). The first kappa shape index (κ1) is 12.3. The van der Waals surface area contributed by atoms with Gasteiger partial charge in [0, 0.05) is 13.0 Å². The number of hydrogen-bond donors (Lipinski definition) is 4. The van der Waals surface area contributed by atoms with Crippen LogP contribution in [-0.4, -0.2) is 41.4 Å². The van der Waals surface area contributed by atoms with E-state index >= 15 is 0 Å². The maximum atomic E-state index is 11.1. The molecule has 1 amide bonds. The number of nitrogens with two attached hydrogens (primary N) is 1. The summed E-state index contributed by atoms with van der Waals surface area (Å²) < 4.78 is 0. The largest absolute Gasteiger partial charge is 0.394 e. The van der Waals surface area contributed by atoms with Crippen LogP contribution in [-0.2, 0) is 4.79 Å². The average Bonchev–Trinajstić information content (AvgIpc) is 2.15. The molecule has 13 heavy (non-hydrogen) atoms. The van der Waals surface area contributed by atoms with E-state index in [0.29, 0.717) is 6.42 Å². The lowest BCUT2D eigenvalue weighted by Gasteiger charge is -2.29. The van der Waals surface area contributed by atoms with Gasteiger partial charge in [-0.05, 0) is 6.42 Å². The van der Waals surface area contributed by atoms with Crippen LogP contribution in [0.3, 0.4) is 0 Å². The summed E-state index contributed by atoms with van der Waals surface area (Å²) in [5, 5.41) is 20.5. The van der Waals surface area contributed by atoms with Crippen molar-refractivity contribution in [2.45, 2.75) is 25.3 Å². The van der Waals surface area contributed by atoms with Gasteiger partial charge in [0.2, 0.25) is 5.91 Å². The highest BCUT2D eigenvalue weighted by atomic mass is 16.3. The van der Waals surface area contributed by atoms with Gasteiger partial charge in [0.05, 0.1) is 18.8 Å². The van der Waals surface area contributed by atoms with Crippen molar-refractivity contribution in [3.63, 3.8) is 0 Å². The van der Waals surface area contributed by atoms with Crippen molar-refractivity contribution in [3.05, 3.63) is 0 Å². The molecule has 5 N–H and O–H groups in total. The number of rotatable bonds is 6. The highest BCUT2D eigenvalue weighted by molar-refractivity contribution is 5.77. The SMILES string of the molecule is CCC(CO)(CO)NC(=O)CCN. The Kier molecular flexibility index (Phi) is 5.61. The van der Waals surface area contributed by atoms with Gasteiger partial charge < -0.3 is 21.3 Å². The van der Waals surface area contributed by atoms with Crippen LogP contribution in [0.1, 0.15) is 19.8 Å². The van der Waals surface area contributed by atoms with Gasteiger partial charge in [0.25, 0.3) is 0 Å². The maximum Gasteiger partial charge on any atom is 0.221 e. The van der Waals surface area contributed by atoms with E-state index in [1.807, 2.05) is 0 Å². The number of hydrogen-bond acceptors (Lipinski definition) is 4. The lowest BCUT2D eigenvalue weighted by molar-refractivity contribution is -0.124. The summed E-state index contributed by atoms with van der Waals surface area (Å²) in [5.74, 6) is -0.243. The number of aliphatic hydroxyl groups is 2.